The minimum atomic E-state index is -1.05. The summed E-state index contributed by atoms with van der Waals surface area (Å²) >= 11 is 0. The fourth-order valence-corrected chi connectivity index (χ4v) is 2.15. The number of ether oxygens (including phenoxy) is 2. The van der Waals surface area contributed by atoms with E-state index < -0.39 is 5.97 Å². The second-order valence-electron chi connectivity index (χ2n) is 4.49. The summed E-state index contributed by atoms with van der Waals surface area (Å²) in [7, 11) is 1.43. The number of aromatic carboxylic acids is 1. The average molecular weight is 300 g/mol. The van der Waals surface area contributed by atoms with Crippen LogP contribution in [0.4, 0.5) is 0 Å². The molecule has 0 amide bonds. The summed E-state index contributed by atoms with van der Waals surface area (Å²) in [6, 6.07) is 11.6. The first-order chi connectivity index (χ1) is 10.6. The highest BCUT2D eigenvalue weighted by atomic mass is 16.5. The standard InChI is InChI=1S/C17H16O5/c1-3-22-17(20)12-9-7-11(8-10-12)13-5-4-6-14(16(18)19)15(13)21-2/h4-10H,3H2,1-2H3,(H,18,19). The normalized spacial score (nSPS) is 10.1. The number of benzene rings is 2. The molecule has 0 aliphatic carbocycles. The fourth-order valence-electron chi connectivity index (χ4n) is 2.15. The van der Waals surface area contributed by atoms with Gasteiger partial charge < -0.3 is 14.6 Å². The lowest BCUT2D eigenvalue weighted by Crippen LogP contribution is -2.04. The minimum Gasteiger partial charge on any atom is -0.495 e. The van der Waals surface area contributed by atoms with Gasteiger partial charge in [0.25, 0.3) is 0 Å². The molecule has 0 aliphatic heterocycles. The summed E-state index contributed by atoms with van der Waals surface area (Å²) in [6.07, 6.45) is 0. The summed E-state index contributed by atoms with van der Waals surface area (Å²) in [5.74, 6) is -1.15. The van der Waals surface area contributed by atoms with Crippen molar-refractivity contribution < 1.29 is 24.2 Å². The predicted octanol–water partition coefficient (Wildman–Crippen LogP) is 3.24. The van der Waals surface area contributed by atoms with Gasteiger partial charge in [-0.25, -0.2) is 9.59 Å². The van der Waals surface area contributed by atoms with E-state index in [2.05, 4.69) is 0 Å². The van der Waals surface area contributed by atoms with Gasteiger partial charge in [-0.2, -0.15) is 0 Å². The topological polar surface area (TPSA) is 72.8 Å². The zero-order valence-electron chi connectivity index (χ0n) is 12.3. The number of carbonyl (C=O) groups is 2. The summed E-state index contributed by atoms with van der Waals surface area (Å²) in [4.78, 5) is 22.9. The molecule has 0 fully saturated rings. The Morgan fingerprint density at radius 3 is 2.32 bits per heavy atom. The van der Waals surface area contributed by atoms with Crippen LogP contribution < -0.4 is 4.74 Å². The van der Waals surface area contributed by atoms with Gasteiger partial charge in [-0.15, -0.1) is 0 Å². The van der Waals surface area contributed by atoms with Gasteiger partial charge in [0.1, 0.15) is 11.3 Å². The van der Waals surface area contributed by atoms with Crippen molar-refractivity contribution in [3.8, 4) is 16.9 Å². The van der Waals surface area contributed by atoms with Crippen LogP contribution in [0.15, 0.2) is 42.5 Å². The smallest absolute Gasteiger partial charge is 0.339 e. The second-order valence-corrected chi connectivity index (χ2v) is 4.49. The summed E-state index contributed by atoms with van der Waals surface area (Å²) in [6.45, 7) is 2.06. The molecule has 2 aromatic carbocycles. The monoisotopic (exact) mass is 300 g/mol. The molecule has 0 radical (unpaired) electrons. The Balaban J connectivity index is 2.42. The summed E-state index contributed by atoms with van der Waals surface area (Å²) in [5, 5.41) is 9.20. The number of rotatable bonds is 5. The molecule has 5 nitrogen and oxygen atoms in total. The van der Waals surface area contributed by atoms with Gasteiger partial charge >= 0.3 is 11.9 Å². The minimum absolute atomic E-state index is 0.0921. The van der Waals surface area contributed by atoms with Crippen LogP contribution in [0.1, 0.15) is 27.6 Å². The van der Waals surface area contributed by atoms with Gasteiger partial charge in [-0.05, 0) is 30.7 Å². The number of hydrogen-bond acceptors (Lipinski definition) is 4. The Labute approximate surface area is 128 Å². The molecule has 114 valence electrons. The van der Waals surface area contributed by atoms with Gasteiger partial charge in [0.2, 0.25) is 0 Å². The molecular formula is C17H16O5. The predicted molar refractivity (Wildman–Crippen MR) is 81.3 cm³/mol. The van der Waals surface area contributed by atoms with Gasteiger partial charge in [-0.3, -0.25) is 0 Å². The van der Waals surface area contributed by atoms with Crippen LogP contribution in [0, 0.1) is 0 Å². The quantitative estimate of drug-likeness (QED) is 0.858. The molecular weight excluding hydrogens is 284 g/mol. The maximum atomic E-state index is 11.6. The van der Waals surface area contributed by atoms with E-state index in [1.165, 1.54) is 13.2 Å². The summed E-state index contributed by atoms with van der Waals surface area (Å²) in [5.41, 5.74) is 1.94. The molecule has 1 N–H and O–H groups in total. The van der Waals surface area contributed by atoms with Gasteiger partial charge in [-0.1, -0.05) is 24.3 Å². The van der Waals surface area contributed by atoms with Crippen molar-refractivity contribution in [3.63, 3.8) is 0 Å². The Morgan fingerprint density at radius 1 is 1.09 bits per heavy atom. The van der Waals surface area contributed by atoms with E-state index in [0.29, 0.717) is 23.5 Å². The third kappa shape index (κ3) is 3.09. The second kappa shape index (κ2) is 6.76. The molecule has 0 aromatic heterocycles. The lowest BCUT2D eigenvalue weighted by molar-refractivity contribution is 0.0526. The van der Waals surface area contributed by atoms with Crippen LogP contribution in [0.2, 0.25) is 0 Å². The molecule has 0 saturated carbocycles. The zero-order chi connectivity index (χ0) is 16.1. The molecule has 22 heavy (non-hydrogen) atoms. The van der Waals surface area contributed by atoms with Crippen LogP contribution in [-0.2, 0) is 4.74 Å². The SMILES string of the molecule is CCOC(=O)c1ccc(-c2cccc(C(=O)O)c2OC)cc1. The van der Waals surface area contributed by atoms with E-state index in [1.54, 1.807) is 43.3 Å². The fraction of sp³-hybridized carbons (Fsp3) is 0.176. The van der Waals surface area contributed by atoms with Crippen LogP contribution in [-0.4, -0.2) is 30.8 Å². The van der Waals surface area contributed by atoms with Crippen molar-refractivity contribution in [1.82, 2.24) is 0 Å². The van der Waals surface area contributed by atoms with Crippen LogP contribution in [0.3, 0.4) is 0 Å². The van der Waals surface area contributed by atoms with Crippen molar-refractivity contribution in [1.29, 1.82) is 0 Å². The van der Waals surface area contributed by atoms with Crippen LogP contribution >= 0.6 is 0 Å². The highest BCUT2D eigenvalue weighted by molar-refractivity contribution is 5.95. The first-order valence-electron chi connectivity index (χ1n) is 6.76. The molecule has 2 rings (SSSR count). The highest BCUT2D eigenvalue weighted by Crippen LogP contribution is 2.33. The first-order valence-corrected chi connectivity index (χ1v) is 6.76. The van der Waals surface area contributed by atoms with Gasteiger partial charge in [0, 0.05) is 5.56 Å². The van der Waals surface area contributed by atoms with Crippen LogP contribution in [0.5, 0.6) is 5.75 Å². The molecule has 0 unspecified atom stereocenters. The molecule has 2 aromatic rings. The average Bonchev–Trinajstić information content (AvgIpc) is 2.54. The number of carboxylic acid groups (broad SMARTS) is 1. The Bertz CT molecular complexity index is 689. The molecule has 0 spiro atoms. The maximum Gasteiger partial charge on any atom is 0.339 e. The van der Waals surface area contributed by atoms with Gasteiger partial charge in [0.15, 0.2) is 0 Å². The number of methoxy groups -OCH3 is 1. The summed E-state index contributed by atoms with van der Waals surface area (Å²) < 4.78 is 10.2. The number of esters is 1. The Morgan fingerprint density at radius 2 is 1.77 bits per heavy atom. The third-order valence-electron chi connectivity index (χ3n) is 3.16. The Hall–Kier alpha value is -2.82. The maximum absolute atomic E-state index is 11.6. The molecule has 0 bridgehead atoms. The van der Waals surface area contributed by atoms with Crippen molar-refractivity contribution in [2.45, 2.75) is 6.92 Å². The van der Waals surface area contributed by atoms with Crippen LogP contribution in [0.25, 0.3) is 11.1 Å². The molecule has 0 atom stereocenters. The van der Waals surface area contributed by atoms with E-state index in [9.17, 15) is 14.7 Å². The van der Waals surface area contributed by atoms with Crippen molar-refractivity contribution in [3.05, 3.63) is 53.6 Å². The molecule has 0 aliphatic rings. The number of carbonyl (C=O) groups excluding carboxylic acids is 1. The largest absolute Gasteiger partial charge is 0.495 e. The number of para-hydroxylation sites is 1. The number of hydrogen-bond donors (Lipinski definition) is 1. The van der Waals surface area contributed by atoms with E-state index in [1.807, 2.05) is 0 Å². The molecule has 0 saturated heterocycles. The van der Waals surface area contributed by atoms with E-state index in [4.69, 9.17) is 9.47 Å². The highest BCUT2D eigenvalue weighted by Gasteiger charge is 2.16. The van der Waals surface area contributed by atoms with E-state index in [0.717, 1.165) is 5.56 Å². The number of carboxylic acids is 1. The Kier molecular flexibility index (Phi) is 4.78. The lowest BCUT2D eigenvalue weighted by Gasteiger charge is -2.11. The zero-order valence-corrected chi connectivity index (χ0v) is 12.3. The molecule has 0 heterocycles. The van der Waals surface area contributed by atoms with E-state index in [-0.39, 0.29) is 11.5 Å². The van der Waals surface area contributed by atoms with Crippen molar-refractivity contribution in [2.24, 2.45) is 0 Å². The van der Waals surface area contributed by atoms with E-state index >= 15 is 0 Å². The first kappa shape index (κ1) is 15.6. The van der Waals surface area contributed by atoms with Crippen molar-refractivity contribution >= 4 is 11.9 Å². The van der Waals surface area contributed by atoms with Gasteiger partial charge in [0.05, 0.1) is 19.3 Å². The molecule has 5 heteroatoms. The van der Waals surface area contributed by atoms with Crippen molar-refractivity contribution in [2.75, 3.05) is 13.7 Å². The lowest BCUT2D eigenvalue weighted by atomic mass is 10.00. The third-order valence-corrected chi connectivity index (χ3v) is 3.16.